The van der Waals surface area contributed by atoms with Gasteiger partial charge in [0.2, 0.25) is 0 Å². The third-order valence-corrected chi connectivity index (χ3v) is 3.85. The first-order valence-corrected chi connectivity index (χ1v) is 6.22. The summed E-state index contributed by atoms with van der Waals surface area (Å²) in [6, 6.07) is 5.69. The van der Waals surface area contributed by atoms with Gasteiger partial charge in [0.05, 0.1) is 11.2 Å². The zero-order valence-corrected chi connectivity index (χ0v) is 10.3. The van der Waals surface area contributed by atoms with Gasteiger partial charge in [-0.25, -0.2) is 4.98 Å². The summed E-state index contributed by atoms with van der Waals surface area (Å²) in [6.45, 7) is 0. The number of hydrogen-bond donors (Lipinski definition) is 0. The highest BCUT2D eigenvalue weighted by Crippen LogP contribution is 2.37. The minimum Gasteiger partial charge on any atom is -0.296 e. The van der Waals surface area contributed by atoms with Crippen LogP contribution in [-0.4, -0.2) is 15.7 Å². The lowest BCUT2D eigenvalue weighted by atomic mass is 9.85. The first-order chi connectivity index (χ1) is 7.81. The maximum atomic E-state index is 11.0. The molecule has 0 radical (unpaired) electrons. The van der Waals surface area contributed by atoms with Crippen LogP contribution in [0, 0.1) is 0 Å². The summed E-state index contributed by atoms with van der Waals surface area (Å²) in [5.74, 6) is 1.54. The lowest BCUT2D eigenvalue weighted by molar-refractivity contribution is 0.111. The summed E-state index contributed by atoms with van der Waals surface area (Å²) in [7, 11) is 0. The van der Waals surface area contributed by atoms with E-state index >= 15 is 0 Å². The predicted octanol–water partition coefficient (Wildman–Crippen LogP) is 3.18. The Morgan fingerprint density at radius 2 is 2.25 bits per heavy atom. The smallest absolute Gasteiger partial charge is 0.166 e. The van der Waals surface area contributed by atoms with E-state index in [2.05, 4.69) is 20.9 Å². The number of aldehydes is 1. The molecule has 82 valence electrons. The Hall–Kier alpha value is -1.16. The lowest BCUT2D eigenvalue weighted by Gasteiger charge is -2.24. The molecule has 2 aromatic rings. The minimum atomic E-state index is 0.514. The van der Waals surface area contributed by atoms with Crippen molar-refractivity contribution in [1.29, 1.82) is 0 Å². The quantitative estimate of drug-likeness (QED) is 0.791. The van der Waals surface area contributed by atoms with Crippen LogP contribution in [0.3, 0.4) is 0 Å². The average molecular weight is 279 g/mol. The summed E-state index contributed by atoms with van der Waals surface area (Å²) < 4.78 is 2.80. The molecule has 0 bridgehead atoms. The van der Waals surface area contributed by atoms with Gasteiger partial charge in [0.15, 0.2) is 6.29 Å². The Morgan fingerprint density at radius 3 is 2.88 bits per heavy atom. The summed E-state index contributed by atoms with van der Waals surface area (Å²) in [6.07, 6.45) is 4.52. The molecule has 16 heavy (non-hydrogen) atoms. The van der Waals surface area contributed by atoms with Gasteiger partial charge in [-0.1, -0.05) is 12.5 Å². The average Bonchev–Trinajstić information content (AvgIpc) is 2.54. The number of imidazole rings is 1. The molecule has 0 unspecified atom stereocenters. The Bertz CT molecular complexity index is 557. The summed E-state index contributed by atoms with van der Waals surface area (Å²) in [4.78, 5) is 15.6. The molecule has 4 heteroatoms. The SMILES string of the molecule is O=Cc1cccc2c(Br)nc(C3CCC3)n12. The van der Waals surface area contributed by atoms with Gasteiger partial charge < -0.3 is 0 Å². The molecule has 1 fully saturated rings. The fourth-order valence-corrected chi connectivity index (χ4v) is 2.67. The third kappa shape index (κ3) is 1.33. The summed E-state index contributed by atoms with van der Waals surface area (Å²) in [5.41, 5.74) is 1.66. The number of aromatic nitrogens is 2. The molecule has 0 amide bonds. The molecular formula is C12H11BrN2O. The van der Waals surface area contributed by atoms with E-state index in [1.165, 1.54) is 19.3 Å². The highest BCUT2D eigenvalue weighted by Gasteiger charge is 2.25. The van der Waals surface area contributed by atoms with Gasteiger partial charge in [-0.2, -0.15) is 0 Å². The monoisotopic (exact) mass is 278 g/mol. The second kappa shape index (κ2) is 3.70. The second-order valence-electron chi connectivity index (χ2n) is 4.18. The maximum absolute atomic E-state index is 11.0. The van der Waals surface area contributed by atoms with E-state index < -0.39 is 0 Å². The number of halogens is 1. The van der Waals surface area contributed by atoms with Crippen molar-refractivity contribution in [3.8, 4) is 0 Å². The highest BCUT2D eigenvalue weighted by molar-refractivity contribution is 9.10. The number of rotatable bonds is 2. The largest absolute Gasteiger partial charge is 0.296 e. The predicted molar refractivity (Wildman–Crippen MR) is 64.9 cm³/mol. The molecule has 1 aliphatic carbocycles. The van der Waals surface area contributed by atoms with Crippen LogP contribution in [-0.2, 0) is 0 Å². The summed E-state index contributed by atoms with van der Waals surface area (Å²) >= 11 is 3.45. The molecule has 0 spiro atoms. The van der Waals surface area contributed by atoms with Crippen molar-refractivity contribution < 1.29 is 4.79 Å². The number of fused-ring (bicyclic) bond motifs is 1. The number of carbonyl (C=O) groups is 1. The fraction of sp³-hybridized carbons (Fsp3) is 0.333. The van der Waals surface area contributed by atoms with Gasteiger partial charge in [-0.05, 0) is 40.9 Å². The standard InChI is InChI=1S/C12H11BrN2O/c13-11-10-6-2-5-9(7-16)15(10)12(14-11)8-3-1-4-8/h2,5-8H,1,3-4H2. The van der Waals surface area contributed by atoms with Gasteiger partial charge in [-0.15, -0.1) is 0 Å². The summed E-state index contributed by atoms with van der Waals surface area (Å²) in [5, 5.41) is 0. The van der Waals surface area contributed by atoms with Crippen molar-refractivity contribution in [2.24, 2.45) is 0 Å². The fourth-order valence-electron chi connectivity index (χ4n) is 2.18. The van der Waals surface area contributed by atoms with Crippen LogP contribution >= 0.6 is 15.9 Å². The van der Waals surface area contributed by atoms with Crippen molar-refractivity contribution in [3.05, 3.63) is 34.3 Å². The number of carbonyl (C=O) groups excluding carboxylic acids is 1. The topological polar surface area (TPSA) is 34.4 Å². The van der Waals surface area contributed by atoms with Crippen LogP contribution < -0.4 is 0 Å². The van der Waals surface area contributed by atoms with Crippen LogP contribution in [0.5, 0.6) is 0 Å². The highest BCUT2D eigenvalue weighted by atomic mass is 79.9. The van der Waals surface area contributed by atoms with Crippen LogP contribution in [0.2, 0.25) is 0 Å². The van der Waals surface area contributed by atoms with Crippen LogP contribution in [0.15, 0.2) is 22.8 Å². The Morgan fingerprint density at radius 1 is 1.44 bits per heavy atom. The van der Waals surface area contributed by atoms with Crippen molar-refractivity contribution in [3.63, 3.8) is 0 Å². The van der Waals surface area contributed by atoms with Gasteiger partial charge >= 0.3 is 0 Å². The minimum absolute atomic E-state index is 0.514. The zero-order chi connectivity index (χ0) is 11.1. The molecule has 0 N–H and O–H groups in total. The van der Waals surface area contributed by atoms with Crippen LogP contribution in [0.25, 0.3) is 5.52 Å². The Balaban J connectivity index is 2.30. The molecule has 1 saturated carbocycles. The van der Waals surface area contributed by atoms with E-state index in [0.717, 1.165) is 22.2 Å². The first kappa shape index (κ1) is 10.0. The van der Waals surface area contributed by atoms with Gasteiger partial charge in [0, 0.05) is 5.92 Å². The van der Waals surface area contributed by atoms with E-state index in [1.54, 1.807) is 0 Å². The molecule has 0 saturated heterocycles. The van der Waals surface area contributed by atoms with Crippen molar-refractivity contribution in [2.45, 2.75) is 25.2 Å². The number of hydrogen-bond acceptors (Lipinski definition) is 2. The van der Waals surface area contributed by atoms with Crippen molar-refractivity contribution >= 4 is 27.7 Å². The molecule has 1 aliphatic rings. The molecule has 2 aromatic heterocycles. The van der Waals surface area contributed by atoms with Crippen LogP contribution in [0.1, 0.15) is 41.5 Å². The molecular weight excluding hydrogens is 268 g/mol. The van der Waals surface area contributed by atoms with Gasteiger partial charge in [0.1, 0.15) is 10.4 Å². The van der Waals surface area contributed by atoms with E-state index in [9.17, 15) is 4.79 Å². The van der Waals surface area contributed by atoms with E-state index in [0.29, 0.717) is 11.6 Å². The normalized spacial score (nSPS) is 16.3. The van der Waals surface area contributed by atoms with Gasteiger partial charge in [0.25, 0.3) is 0 Å². The van der Waals surface area contributed by atoms with E-state index in [1.807, 2.05) is 22.6 Å². The van der Waals surface area contributed by atoms with Crippen molar-refractivity contribution in [2.75, 3.05) is 0 Å². The van der Waals surface area contributed by atoms with E-state index in [-0.39, 0.29) is 0 Å². The van der Waals surface area contributed by atoms with E-state index in [4.69, 9.17) is 0 Å². The Kier molecular flexibility index (Phi) is 2.32. The molecule has 0 atom stereocenters. The molecule has 0 aromatic carbocycles. The van der Waals surface area contributed by atoms with Gasteiger partial charge in [-0.3, -0.25) is 9.20 Å². The Labute approximate surface area is 102 Å². The number of pyridine rings is 1. The van der Waals surface area contributed by atoms with Crippen molar-refractivity contribution in [1.82, 2.24) is 9.38 Å². The maximum Gasteiger partial charge on any atom is 0.166 e. The molecule has 3 rings (SSSR count). The third-order valence-electron chi connectivity index (χ3n) is 3.26. The van der Waals surface area contributed by atoms with Crippen LogP contribution in [0.4, 0.5) is 0 Å². The molecule has 2 heterocycles. The molecule has 3 nitrogen and oxygen atoms in total. The zero-order valence-electron chi connectivity index (χ0n) is 8.69. The lowest BCUT2D eigenvalue weighted by Crippen LogP contribution is -2.13. The first-order valence-electron chi connectivity index (χ1n) is 5.43. The molecule has 0 aliphatic heterocycles. The second-order valence-corrected chi connectivity index (χ2v) is 4.93. The number of nitrogens with zero attached hydrogens (tertiary/aromatic N) is 2.